The van der Waals surface area contributed by atoms with Crippen LogP contribution < -0.4 is 0 Å². The van der Waals surface area contributed by atoms with E-state index < -0.39 is 0 Å². The van der Waals surface area contributed by atoms with E-state index in [0.29, 0.717) is 6.04 Å². The second kappa shape index (κ2) is 11.7. The van der Waals surface area contributed by atoms with Gasteiger partial charge in [0.15, 0.2) is 0 Å². The monoisotopic (exact) mass is 332 g/mol. The second-order valence-corrected chi connectivity index (χ2v) is 7.49. The summed E-state index contributed by atoms with van der Waals surface area (Å²) < 4.78 is 0. The van der Waals surface area contributed by atoms with Crippen molar-refractivity contribution in [1.82, 2.24) is 9.80 Å². The number of rotatable bonds is 7. The summed E-state index contributed by atoms with van der Waals surface area (Å²) in [4.78, 5) is 5.22. The molecule has 0 atom stereocenters. The zero-order valence-electron chi connectivity index (χ0n) is 17.0. The zero-order valence-corrected chi connectivity index (χ0v) is 17.0. The van der Waals surface area contributed by atoms with E-state index in [-0.39, 0.29) is 0 Å². The Balaban J connectivity index is 0.00000139. The maximum atomic E-state index is 2.63. The Morgan fingerprint density at radius 2 is 1.38 bits per heavy atom. The smallest absolute Gasteiger partial charge is 0.0113 e. The maximum Gasteiger partial charge on any atom is 0.0113 e. The molecule has 1 fully saturated rings. The summed E-state index contributed by atoms with van der Waals surface area (Å²) in [5, 5.41) is 0. The highest BCUT2D eigenvalue weighted by Gasteiger charge is 2.17. The Bertz CT molecular complexity index is 414. The molecule has 0 unspecified atom stereocenters. The second-order valence-electron chi connectivity index (χ2n) is 7.49. The fraction of sp³-hybridized carbons (Fsp3) is 0.727. The van der Waals surface area contributed by atoms with Crippen molar-refractivity contribution < 1.29 is 0 Å². The molecule has 2 heteroatoms. The van der Waals surface area contributed by atoms with Crippen molar-refractivity contribution in [3.05, 3.63) is 35.4 Å². The van der Waals surface area contributed by atoms with Crippen molar-refractivity contribution in [2.75, 3.05) is 32.7 Å². The van der Waals surface area contributed by atoms with Gasteiger partial charge in [0.25, 0.3) is 0 Å². The third-order valence-corrected chi connectivity index (χ3v) is 4.74. The number of nitrogens with zero attached hydrogens (tertiary/aromatic N) is 2. The van der Waals surface area contributed by atoms with Crippen LogP contribution in [-0.2, 0) is 12.8 Å². The fourth-order valence-electron chi connectivity index (χ4n) is 3.32. The molecule has 1 aromatic rings. The van der Waals surface area contributed by atoms with E-state index in [0.717, 1.165) is 5.92 Å². The van der Waals surface area contributed by atoms with Crippen LogP contribution in [0.25, 0.3) is 0 Å². The molecular weight excluding hydrogens is 292 g/mol. The fourth-order valence-corrected chi connectivity index (χ4v) is 3.32. The molecule has 1 aromatic carbocycles. The molecule has 0 spiro atoms. The lowest BCUT2D eigenvalue weighted by Crippen LogP contribution is -2.48. The number of aryl methyl sites for hydroxylation is 1. The summed E-state index contributed by atoms with van der Waals surface area (Å²) in [6, 6.07) is 9.99. The van der Waals surface area contributed by atoms with Gasteiger partial charge in [-0.05, 0) is 56.7 Å². The summed E-state index contributed by atoms with van der Waals surface area (Å²) in [6.45, 7) is 19.4. The first-order chi connectivity index (χ1) is 11.5. The van der Waals surface area contributed by atoms with Crippen molar-refractivity contribution >= 4 is 0 Å². The minimum atomic E-state index is 0.700. The first-order valence-electron chi connectivity index (χ1n) is 10.1. The standard InChI is InChI=1S/C20H34N2.C2H6/c1-17(2)16-20-9-7-19(8-10-20)6-5-11-21-12-14-22(15-13-21)18(3)4;1-2/h7-10,17-18H,5-6,11-16H2,1-4H3;1-2H3. The van der Waals surface area contributed by atoms with E-state index >= 15 is 0 Å². The summed E-state index contributed by atoms with van der Waals surface area (Å²) in [6.07, 6.45) is 3.69. The molecule has 0 radical (unpaired) electrons. The van der Waals surface area contributed by atoms with Crippen LogP contribution in [0.2, 0.25) is 0 Å². The van der Waals surface area contributed by atoms with Crippen LogP contribution in [0.4, 0.5) is 0 Å². The minimum absolute atomic E-state index is 0.700. The Labute approximate surface area is 151 Å². The lowest BCUT2D eigenvalue weighted by atomic mass is 10.0. The summed E-state index contributed by atoms with van der Waals surface area (Å²) in [7, 11) is 0. The highest BCUT2D eigenvalue weighted by Crippen LogP contribution is 2.12. The number of hydrogen-bond acceptors (Lipinski definition) is 2. The maximum absolute atomic E-state index is 2.63. The lowest BCUT2D eigenvalue weighted by Gasteiger charge is -2.36. The van der Waals surface area contributed by atoms with Crippen LogP contribution in [0, 0.1) is 5.92 Å². The Morgan fingerprint density at radius 1 is 0.833 bits per heavy atom. The summed E-state index contributed by atoms with van der Waals surface area (Å²) >= 11 is 0. The predicted octanol–water partition coefficient (Wildman–Crippen LogP) is 4.87. The highest BCUT2D eigenvalue weighted by molar-refractivity contribution is 5.22. The molecule has 0 N–H and O–H groups in total. The Morgan fingerprint density at radius 3 is 1.88 bits per heavy atom. The van der Waals surface area contributed by atoms with Gasteiger partial charge in [-0.1, -0.05) is 52.0 Å². The van der Waals surface area contributed by atoms with Crippen LogP contribution in [0.15, 0.2) is 24.3 Å². The molecule has 1 heterocycles. The summed E-state index contributed by atoms with van der Waals surface area (Å²) in [5.74, 6) is 0.746. The average Bonchev–Trinajstić information content (AvgIpc) is 2.58. The quantitative estimate of drug-likeness (QED) is 0.703. The van der Waals surface area contributed by atoms with Crippen molar-refractivity contribution in [2.45, 2.75) is 66.8 Å². The molecule has 1 saturated heterocycles. The van der Waals surface area contributed by atoms with Gasteiger partial charge in [-0.3, -0.25) is 4.90 Å². The zero-order chi connectivity index (χ0) is 17.9. The van der Waals surface area contributed by atoms with Crippen molar-refractivity contribution in [3.8, 4) is 0 Å². The van der Waals surface area contributed by atoms with Gasteiger partial charge in [0, 0.05) is 32.2 Å². The average molecular weight is 333 g/mol. The topological polar surface area (TPSA) is 6.48 Å². The van der Waals surface area contributed by atoms with E-state index in [9.17, 15) is 0 Å². The van der Waals surface area contributed by atoms with E-state index in [2.05, 4.69) is 61.8 Å². The molecule has 1 aliphatic rings. The van der Waals surface area contributed by atoms with Crippen molar-refractivity contribution in [3.63, 3.8) is 0 Å². The van der Waals surface area contributed by atoms with Crippen LogP contribution in [0.1, 0.15) is 59.1 Å². The first kappa shape index (κ1) is 21.2. The van der Waals surface area contributed by atoms with E-state index in [1.54, 1.807) is 0 Å². The first-order valence-corrected chi connectivity index (χ1v) is 10.1. The third-order valence-electron chi connectivity index (χ3n) is 4.74. The Kier molecular flexibility index (Phi) is 10.3. The molecule has 0 amide bonds. The van der Waals surface area contributed by atoms with E-state index in [4.69, 9.17) is 0 Å². The molecule has 0 saturated carbocycles. The van der Waals surface area contributed by atoms with Crippen molar-refractivity contribution in [2.24, 2.45) is 5.92 Å². The lowest BCUT2D eigenvalue weighted by molar-refractivity contribution is 0.108. The molecule has 0 bridgehead atoms. The molecule has 2 nitrogen and oxygen atoms in total. The van der Waals surface area contributed by atoms with Crippen molar-refractivity contribution in [1.29, 1.82) is 0 Å². The molecule has 138 valence electrons. The number of hydrogen-bond donors (Lipinski definition) is 0. The molecule has 1 aliphatic heterocycles. The van der Waals surface area contributed by atoms with Gasteiger partial charge in [0.1, 0.15) is 0 Å². The molecule has 0 aliphatic carbocycles. The van der Waals surface area contributed by atoms with Gasteiger partial charge >= 0.3 is 0 Å². The third kappa shape index (κ3) is 7.81. The van der Waals surface area contributed by atoms with Gasteiger partial charge in [0.2, 0.25) is 0 Å². The SMILES string of the molecule is CC.CC(C)Cc1ccc(CCCN2CCN(C(C)C)CC2)cc1. The van der Waals surface area contributed by atoms with E-state index in [1.807, 2.05) is 13.8 Å². The normalized spacial score (nSPS) is 16.3. The predicted molar refractivity (Wildman–Crippen MR) is 108 cm³/mol. The summed E-state index contributed by atoms with van der Waals surface area (Å²) in [5.41, 5.74) is 2.97. The Hall–Kier alpha value is -0.860. The molecular formula is C22H40N2. The van der Waals surface area contributed by atoms with E-state index in [1.165, 1.54) is 63.1 Å². The largest absolute Gasteiger partial charge is 0.301 e. The van der Waals surface area contributed by atoms with Gasteiger partial charge in [0.05, 0.1) is 0 Å². The van der Waals surface area contributed by atoms with Gasteiger partial charge in [-0.2, -0.15) is 0 Å². The van der Waals surface area contributed by atoms with Crippen LogP contribution in [0.5, 0.6) is 0 Å². The van der Waals surface area contributed by atoms with Gasteiger partial charge in [-0.15, -0.1) is 0 Å². The van der Waals surface area contributed by atoms with Gasteiger partial charge in [-0.25, -0.2) is 0 Å². The highest BCUT2D eigenvalue weighted by atomic mass is 15.3. The minimum Gasteiger partial charge on any atom is -0.301 e. The van der Waals surface area contributed by atoms with Gasteiger partial charge < -0.3 is 4.90 Å². The van der Waals surface area contributed by atoms with Crippen LogP contribution in [-0.4, -0.2) is 48.6 Å². The van der Waals surface area contributed by atoms with Crippen LogP contribution in [0.3, 0.4) is 0 Å². The molecule has 2 rings (SSSR count). The molecule has 0 aromatic heterocycles. The number of benzene rings is 1. The van der Waals surface area contributed by atoms with Crippen LogP contribution >= 0.6 is 0 Å². The molecule has 24 heavy (non-hydrogen) atoms. The number of piperazine rings is 1.